The van der Waals surface area contributed by atoms with Crippen LogP contribution in [-0.2, 0) is 6.54 Å². The molecule has 33 heavy (non-hydrogen) atoms. The van der Waals surface area contributed by atoms with Gasteiger partial charge in [0, 0.05) is 0 Å². The molecule has 0 fully saturated rings. The van der Waals surface area contributed by atoms with Gasteiger partial charge in [-0.1, -0.05) is 0 Å². The number of aromatic nitrogens is 1. The normalized spacial score (nSPS) is 15.3. The molecule has 182 valence electrons. The number of pyridine rings is 1. The summed E-state index contributed by atoms with van der Waals surface area (Å²) in [6, 6.07) is 13.4. The fourth-order valence-electron chi connectivity index (χ4n) is 5.14. The van der Waals surface area contributed by atoms with Gasteiger partial charge < -0.3 is 0 Å². The summed E-state index contributed by atoms with van der Waals surface area (Å²) in [7, 11) is 0. The fourth-order valence-corrected chi connectivity index (χ4v) is 21.1. The van der Waals surface area contributed by atoms with Crippen molar-refractivity contribution < 1.29 is 13.7 Å². The van der Waals surface area contributed by atoms with E-state index in [0.717, 1.165) is 12.3 Å². The number of alkyl halides is 1. The molecule has 1 N–H and O–H groups in total. The Morgan fingerprint density at radius 2 is 1.55 bits per heavy atom. The number of unbranched alkanes of at least 4 members (excludes halogenated alkanes) is 3. The van der Waals surface area contributed by atoms with Gasteiger partial charge in [-0.15, -0.1) is 0 Å². The number of nitrogens with one attached hydrogen (secondary N) is 1. The summed E-state index contributed by atoms with van der Waals surface area (Å²) < 4.78 is 26.6. The van der Waals surface area contributed by atoms with Crippen LogP contribution in [0, 0.1) is 0 Å². The van der Waals surface area contributed by atoms with Crippen LogP contribution in [0.3, 0.4) is 0 Å². The second-order valence-corrected chi connectivity index (χ2v) is 22.9. The van der Waals surface area contributed by atoms with Crippen molar-refractivity contribution in [2.24, 2.45) is 0 Å². The predicted molar refractivity (Wildman–Crippen MR) is 140 cm³/mol. The Bertz CT molecular complexity index is 821. The Morgan fingerprint density at radius 1 is 0.909 bits per heavy atom. The maximum absolute atomic E-state index is 12.3. The van der Waals surface area contributed by atoms with Crippen LogP contribution in [0.15, 0.2) is 42.6 Å². The van der Waals surface area contributed by atoms with E-state index in [-0.39, 0.29) is 12.7 Å². The number of ether oxygens (including phenoxy) is 1. The first-order valence-corrected chi connectivity index (χ1v) is 20.7. The molecule has 5 heteroatoms. The molecule has 0 radical (unpaired) electrons. The van der Waals surface area contributed by atoms with Crippen molar-refractivity contribution >= 4 is 27.8 Å². The van der Waals surface area contributed by atoms with Crippen LogP contribution >= 0.6 is 0 Å². The first-order valence-electron chi connectivity index (χ1n) is 13.2. The molecule has 3 rings (SSSR count). The van der Waals surface area contributed by atoms with E-state index in [2.05, 4.69) is 61.1 Å². The Hall–Kier alpha value is -1.30. The molecule has 0 spiro atoms. The molecule has 2 heterocycles. The van der Waals surface area contributed by atoms with Crippen molar-refractivity contribution in [3.63, 3.8) is 0 Å². The molecule has 0 aliphatic carbocycles. The minimum atomic E-state index is -2.42. The Kier molecular flexibility index (Phi) is 10.8. The van der Waals surface area contributed by atoms with Gasteiger partial charge >= 0.3 is 195 Å². The predicted octanol–water partition coefficient (Wildman–Crippen LogP) is 6.94. The van der Waals surface area contributed by atoms with E-state index < -0.39 is 18.4 Å². The van der Waals surface area contributed by atoms with E-state index in [4.69, 9.17) is 4.74 Å². The van der Waals surface area contributed by atoms with Crippen molar-refractivity contribution in [1.29, 1.82) is 0 Å². The minimum absolute atomic E-state index is 0.284. The van der Waals surface area contributed by atoms with Crippen LogP contribution < -0.4 is 18.2 Å². The van der Waals surface area contributed by atoms with Crippen LogP contribution in [0.2, 0.25) is 13.3 Å². The van der Waals surface area contributed by atoms with Gasteiger partial charge in [-0.05, 0) is 0 Å². The SMILES string of the molecule is CCC[CH2][Sn]([CH2]CCC)([CH2]CCC)[c]1ccc2[n+](c1)CC(c1ccc(OCCCF)cc1)N2. The number of anilines is 1. The molecule has 0 bridgehead atoms. The average Bonchev–Trinajstić information content (AvgIpc) is 3.28. The molecule has 1 aliphatic rings. The van der Waals surface area contributed by atoms with Gasteiger partial charge in [0.2, 0.25) is 0 Å². The quantitative estimate of drug-likeness (QED) is 0.145. The molecular weight excluding hydrogens is 518 g/mol. The molecule has 1 aromatic heterocycles. The van der Waals surface area contributed by atoms with Crippen LogP contribution in [-0.4, -0.2) is 31.7 Å². The van der Waals surface area contributed by atoms with Gasteiger partial charge in [-0.3, -0.25) is 4.39 Å². The summed E-state index contributed by atoms with van der Waals surface area (Å²) in [4.78, 5) is 0. The summed E-state index contributed by atoms with van der Waals surface area (Å²) >= 11 is -2.42. The zero-order chi connectivity index (χ0) is 23.5. The van der Waals surface area contributed by atoms with Crippen molar-refractivity contribution in [1.82, 2.24) is 0 Å². The molecule has 0 saturated carbocycles. The number of nitrogens with zero attached hydrogens (tertiary/aromatic N) is 1. The van der Waals surface area contributed by atoms with Crippen LogP contribution in [0.1, 0.15) is 77.3 Å². The van der Waals surface area contributed by atoms with Gasteiger partial charge in [0.15, 0.2) is 0 Å². The molecule has 2 aromatic rings. The van der Waals surface area contributed by atoms with Crippen LogP contribution in [0.5, 0.6) is 5.75 Å². The molecule has 1 aromatic carbocycles. The molecule has 1 unspecified atom stereocenters. The number of fused-ring (bicyclic) bond motifs is 1. The standard InChI is InChI=1S/C16H16FN2O.3C4H9.Sn/c17-9-3-11-20-14-7-5-13(6-8-14)15-12-19-10-2-1-4-16(19)18-15;3*1-3-4-2;/h1,4-8,10,15H,3,9,11-12H2;3*1,3-4H2,2H3;/p+1. The van der Waals surface area contributed by atoms with E-state index in [1.807, 2.05) is 12.1 Å². The molecular formula is C28H44FN2OSn+. The van der Waals surface area contributed by atoms with Gasteiger partial charge in [-0.2, -0.15) is 0 Å². The van der Waals surface area contributed by atoms with Crippen molar-refractivity contribution in [3.05, 3.63) is 48.2 Å². The van der Waals surface area contributed by atoms with E-state index in [1.165, 1.54) is 63.2 Å². The number of hydrogen-bond acceptors (Lipinski definition) is 2. The summed E-state index contributed by atoms with van der Waals surface area (Å²) in [5, 5.41) is 3.73. The van der Waals surface area contributed by atoms with E-state index in [0.29, 0.717) is 13.0 Å². The Balaban J connectivity index is 1.77. The Morgan fingerprint density at radius 3 is 2.12 bits per heavy atom. The molecule has 0 saturated heterocycles. The number of benzene rings is 1. The zero-order valence-electron chi connectivity index (χ0n) is 21.0. The second kappa shape index (κ2) is 13.6. The van der Waals surface area contributed by atoms with E-state index in [1.54, 1.807) is 3.58 Å². The average molecular weight is 562 g/mol. The molecule has 1 atom stereocenters. The number of rotatable bonds is 15. The monoisotopic (exact) mass is 563 g/mol. The van der Waals surface area contributed by atoms with Gasteiger partial charge in [0.05, 0.1) is 6.67 Å². The number of halogens is 1. The Labute approximate surface area is 205 Å². The first kappa shape index (κ1) is 26.3. The summed E-state index contributed by atoms with van der Waals surface area (Å²) in [6.45, 7) is 8.12. The molecule has 0 amide bonds. The van der Waals surface area contributed by atoms with Gasteiger partial charge in [-0.25, -0.2) is 0 Å². The summed E-state index contributed by atoms with van der Waals surface area (Å²) in [6.07, 6.45) is 11.1. The molecule has 3 nitrogen and oxygen atoms in total. The summed E-state index contributed by atoms with van der Waals surface area (Å²) in [5.41, 5.74) is 1.27. The van der Waals surface area contributed by atoms with Crippen molar-refractivity contribution in [2.45, 2.75) is 91.6 Å². The van der Waals surface area contributed by atoms with Gasteiger partial charge in [0.1, 0.15) is 0 Å². The maximum atomic E-state index is 12.3. The summed E-state index contributed by atoms with van der Waals surface area (Å²) in [5.74, 6) is 2.05. The van der Waals surface area contributed by atoms with Crippen molar-refractivity contribution in [3.8, 4) is 5.75 Å². The topological polar surface area (TPSA) is 25.1 Å². The molecule has 1 aliphatic heterocycles. The zero-order valence-corrected chi connectivity index (χ0v) is 23.9. The second-order valence-electron chi connectivity index (χ2n) is 9.70. The van der Waals surface area contributed by atoms with Crippen LogP contribution in [0.4, 0.5) is 10.2 Å². The first-order chi connectivity index (χ1) is 16.2. The number of hydrogen-bond donors (Lipinski definition) is 1. The van der Waals surface area contributed by atoms with Crippen molar-refractivity contribution in [2.75, 3.05) is 18.6 Å². The fraction of sp³-hybridized carbons (Fsp3) is 0.607. The van der Waals surface area contributed by atoms with Gasteiger partial charge in [0.25, 0.3) is 0 Å². The third-order valence-corrected chi connectivity index (χ3v) is 22.8. The van der Waals surface area contributed by atoms with Crippen LogP contribution in [0.25, 0.3) is 0 Å². The van der Waals surface area contributed by atoms with E-state index >= 15 is 0 Å². The van der Waals surface area contributed by atoms with E-state index in [9.17, 15) is 4.39 Å². The third-order valence-electron chi connectivity index (χ3n) is 7.19. The third kappa shape index (κ3) is 7.09.